The van der Waals surface area contributed by atoms with Gasteiger partial charge in [0.1, 0.15) is 39.6 Å². The monoisotopic (exact) mass is 678 g/mol. The first kappa shape index (κ1) is 35.7. The van der Waals surface area contributed by atoms with E-state index in [-0.39, 0.29) is 114 Å². The van der Waals surface area contributed by atoms with Crippen LogP contribution in [0.25, 0.3) is 11.1 Å². The molecule has 0 spiro atoms. The molecular weight excluding hydrogens is 636 g/mol. The lowest BCUT2D eigenvalue weighted by molar-refractivity contribution is 0.162. The number of hydrogen-bond donors (Lipinski definition) is 6. The maximum Gasteiger partial charge on any atom is 0.204 e. The van der Waals surface area contributed by atoms with Gasteiger partial charge in [-0.05, 0) is 46.5 Å². The number of benzene rings is 4. The highest BCUT2D eigenvalue weighted by Crippen LogP contribution is 2.62. The van der Waals surface area contributed by atoms with Crippen molar-refractivity contribution in [2.75, 3.05) is 79.3 Å². The second kappa shape index (κ2) is 17.2. The summed E-state index contributed by atoms with van der Waals surface area (Å²) >= 11 is 0. The highest BCUT2D eigenvalue weighted by molar-refractivity contribution is 5.88. The van der Waals surface area contributed by atoms with Gasteiger partial charge < -0.3 is 59.1 Å². The van der Waals surface area contributed by atoms with Gasteiger partial charge >= 0.3 is 0 Å². The van der Waals surface area contributed by atoms with Crippen LogP contribution >= 0.6 is 0 Å². The maximum atomic E-state index is 9.94. The summed E-state index contributed by atoms with van der Waals surface area (Å²) in [6, 6.07) is 22.8. The molecule has 0 bridgehead atoms. The predicted molar refractivity (Wildman–Crippen MR) is 179 cm³/mol. The maximum absolute atomic E-state index is 9.94. The van der Waals surface area contributed by atoms with Crippen LogP contribution in [0.2, 0.25) is 0 Å². The fourth-order valence-corrected chi connectivity index (χ4v) is 6.33. The minimum atomic E-state index is -1.23. The van der Waals surface area contributed by atoms with Crippen LogP contribution in [0.5, 0.6) is 34.5 Å². The quantitative estimate of drug-likeness (QED) is 0.0709. The van der Waals surface area contributed by atoms with Crippen LogP contribution in [0, 0.1) is 0 Å². The first-order chi connectivity index (χ1) is 24.1. The van der Waals surface area contributed by atoms with Crippen LogP contribution in [0.4, 0.5) is 0 Å². The zero-order valence-electron chi connectivity index (χ0n) is 27.0. The van der Waals surface area contributed by atoms with E-state index in [0.29, 0.717) is 11.1 Å². The Balaban J connectivity index is 1.96. The molecule has 12 nitrogen and oxygen atoms in total. The SMILES string of the molecule is OCCOc1ccc(C2(c3ccc(OCCO)c(OCCO)c3OCCO)c3ccccc3-c3ccccc32)c(OCCO)c1OCCO. The molecule has 0 unspecified atom stereocenters. The Labute approximate surface area is 284 Å². The predicted octanol–water partition coefficient (Wildman–Crippen LogP) is 2.28. The van der Waals surface area contributed by atoms with Gasteiger partial charge in [-0.25, -0.2) is 0 Å². The van der Waals surface area contributed by atoms with Crippen LogP contribution in [0.3, 0.4) is 0 Å². The molecule has 5 rings (SSSR count). The summed E-state index contributed by atoms with van der Waals surface area (Å²) in [5.41, 5.74) is 3.43. The number of aliphatic hydroxyl groups excluding tert-OH is 6. The highest BCUT2D eigenvalue weighted by atomic mass is 16.6. The van der Waals surface area contributed by atoms with E-state index in [9.17, 15) is 30.6 Å². The summed E-state index contributed by atoms with van der Waals surface area (Å²) in [6.45, 7) is -2.27. The van der Waals surface area contributed by atoms with E-state index in [1.807, 2.05) is 60.7 Å². The van der Waals surface area contributed by atoms with E-state index in [2.05, 4.69) is 0 Å². The van der Waals surface area contributed by atoms with Crippen molar-refractivity contribution in [1.82, 2.24) is 0 Å². The van der Waals surface area contributed by atoms with Crippen molar-refractivity contribution in [3.8, 4) is 45.6 Å². The molecule has 6 N–H and O–H groups in total. The van der Waals surface area contributed by atoms with Crippen molar-refractivity contribution in [3.05, 3.63) is 95.1 Å². The van der Waals surface area contributed by atoms with E-state index in [0.717, 1.165) is 22.3 Å². The molecular formula is C37H42O12. The fraction of sp³-hybridized carbons (Fsp3) is 0.351. The third-order valence-electron chi connectivity index (χ3n) is 7.96. The lowest BCUT2D eigenvalue weighted by Gasteiger charge is -2.37. The Hall–Kier alpha value is -4.56. The number of aliphatic hydroxyl groups is 6. The van der Waals surface area contributed by atoms with Crippen molar-refractivity contribution < 1.29 is 59.1 Å². The average molecular weight is 679 g/mol. The molecule has 4 aromatic rings. The van der Waals surface area contributed by atoms with E-state index < -0.39 is 5.41 Å². The molecule has 0 aliphatic heterocycles. The van der Waals surface area contributed by atoms with Crippen molar-refractivity contribution in [1.29, 1.82) is 0 Å². The first-order valence-electron chi connectivity index (χ1n) is 16.1. The average Bonchev–Trinajstić information content (AvgIpc) is 3.43. The number of hydrogen-bond acceptors (Lipinski definition) is 12. The van der Waals surface area contributed by atoms with E-state index in [1.54, 1.807) is 12.1 Å². The number of rotatable bonds is 20. The highest BCUT2D eigenvalue weighted by Gasteiger charge is 2.51. The van der Waals surface area contributed by atoms with Crippen LogP contribution in [-0.2, 0) is 5.41 Å². The molecule has 0 aromatic heterocycles. The molecule has 262 valence electrons. The van der Waals surface area contributed by atoms with Crippen molar-refractivity contribution in [2.24, 2.45) is 0 Å². The molecule has 4 aromatic carbocycles. The Bertz CT molecular complexity index is 1550. The summed E-state index contributed by atoms with van der Waals surface area (Å²) < 4.78 is 36.5. The second-order valence-electron chi connectivity index (χ2n) is 10.8. The molecule has 1 aliphatic rings. The molecule has 0 saturated carbocycles. The van der Waals surface area contributed by atoms with E-state index in [4.69, 9.17) is 28.4 Å². The third kappa shape index (κ3) is 6.97. The van der Waals surface area contributed by atoms with Crippen LogP contribution < -0.4 is 28.4 Å². The number of fused-ring (bicyclic) bond motifs is 3. The smallest absolute Gasteiger partial charge is 0.204 e. The molecule has 0 amide bonds. The van der Waals surface area contributed by atoms with Gasteiger partial charge in [0.05, 0.1) is 45.1 Å². The van der Waals surface area contributed by atoms with Gasteiger partial charge in [0.2, 0.25) is 11.5 Å². The summed E-state index contributed by atoms with van der Waals surface area (Å²) in [4.78, 5) is 0. The van der Waals surface area contributed by atoms with Crippen LogP contribution in [0.1, 0.15) is 22.3 Å². The Morgan fingerprint density at radius 1 is 0.347 bits per heavy atom. The summed E-state index contributed by atoms with van der Waals surface area (Å²) in [5.74, 6) is 1.27. The zero-order chi connectivity index (χ0) is 34.6. The Kier molecular flexibility index (Phi) is 12.5. The minimum Gasteiger partial charge on any atom is -0.487 e. The lowest BCUT2D eigenvalue weighted by Crippen LogP contribution is -2.31. The van der Waals surface area contributed by atoms with Crippen molar-refractivity contribution in [3.63, 3.8) is 0 Å². The molecule has 0 heterocycles. The molecule has 0 radical (unpaired) electrons. The van der Waals surface area contributed by atoms with Gasteiger partial charge in [0.15, 0.2) is 23.0 Å². The van der Waals surface area contributed by atoms with Crippen molar-refractivity contribution in [2.45, 2.75) is 5.41 Å². The molecule has 12 heteroatoms. The second-order valence-corrected chi connectivity index (χ2v) is 10.8. The molecule has 0 saturated heterocycles. The van der Waals surface area contributed by atoms with Crippen LogP contribution in [-0.4, -0.2) is 110 Å². The largest absolute Gasteiger partial charge is 0.487 e. The number of ether oxygens (including phenoxy) is 6. The standard InChI is InChI=1S/C37H42O12/c38-13-19-44-31-11-9-29(33(46-21-15-40)35(31)48-23-17-42)37(27-7-3-1-5-25(27)26-6-2-4-8-28(26)37)30-10-12-32(45-20-14-39)36(49-24-18-43)34(30)47-22-16-41/h1-12,38-43H,13-24H2. The minimum absolute atomic E-state index is 0.0366. The van der Waals surface area contributed by atoms with E-state index in [1.165, 1.54) is 0 Å². The van der Waals surface area contributed by atoms with Gasteiger partial charge in [0.25, 0.3) is 0 Å². The van der Waals surface area contributed by atoms with E-state index >= 15 is 0 Å². The molecule has 0 atom stereocenters. The fourth-order valence-electron chi connectivity index (χ4n) is 6.33. The van der Waals surface area contributed by atoms with Gasteiger partial charge in [-0.15, -0.1) is 0 Å². The zero-order valence-corrected chi connectivity index (χ0v) is 27.0. The topological polar surface area (TPSA) is 177 Å². The summed E-state index contributed by atoms with van der Waals surface area (Å²) in [5, 5.41) is 58.5. The Morgan fingerprint density at radius 2 is 0.673 bits per heavy atom. The summed E-state index contributed by atoms with van der Waals surface area (Å²) in [7, 11) is 0. The molecule has 1 aliphatic carbocycles. The van der Waals surface area contributed by atoms with Crippen molar-refractivity contribution >= 4 is 0 Å². The lowest BCUT2D eigenvalue weighted by atomic mass is 9.66. The van der Waals surface area contributed by atoms with Gasteiger partial charge in [0, 0.05) is 11.1 Å². The summed E-state index contributed by atoms with van der Waals surface area (Å²) in [6.07, 6.45) is 0. The normalized spacial score (nSPS) is 12.6. The molecule has 49 heavy (non-hydrogen) atoms. The molecule has 0 fully saturated rings. The first-order valence-corrected chi connectivity index (χ1v) is 16.1. The third-order valence-corrected chi connectivity index (χ3v) is 7.96. The van der Waals surface area contributed by atoms with Gasteiger partial charge in [-0.2, -0.15) is 0 Å². The van der Waals surface area contributed by atoms with Gasteiger partial charge in [-0.3, -0.25) is 0 Å². The Morgan fingerprint density at radius 3 is 1.04 bits per heavy atom. The van der Waals surface area contributed by atoms with Gasteiger partial charge in [-0.1, -0.05) is 48.5 Å². The van der Waals surface area contributed by atoms with Crippen LogP contribution in [0.15, 0.2) is 72.8 Å².